The molecule has 6 N–H and O–H groups in total. The van der Waals surface area contributed by atoms with Crippen LogP contribution in [0.1, 0.15) is 0 Å². The van der Waals surface area contributed by atoms with Crippen molar-refractivity contribution in [3.05, 3.63) is 30.9 Å². The second-order valence-electron chi connectivity index (χ2n) is 2.23. The number of hydrogen-bond acceptors (Lipinski definition) is 5. The molecule has 0 saturated carbocycles. The van der Waals surface area contributed by atoms with E-state index in [-0.39, 0.29) is 0 Å². The summed E-state index contributed by atoms with van der Waals surface area (Å²) in [5.74, 6) is 5.55. The molecule has 0 aliphatic heterocycles. The monoisotopic (exact) mass is 165 g/mol. The fourth-order valence-corrected chi connectivity index (χ4v) is 0.765. The number of anilines is 2. The molecule has 0 unspecified atom stereocenters. The molecule has 0 aromatic carbocycles. The molecule has 0 fully saturated rings. The van der Waals surface area contributed by atoms with Gasteiger partial charge < -0.3 is 11.5 Å². The Morgan fingerprint density at radius 2 is 2.17 bits per heavy atom. The van der Waals surface area contributed by atoms with Crippen LogP contribution in [0.5, 0.6) is 0 Å². The van der Waals surface area contributed by atoms with Crippen LogP contribution in [0.25, 0.3) is 0 Å². The average Bonchev–Trinajstić information content (AvgIpc) is 2.05. The molecule has 0 radical (unpaired) electrons. The van der Waals surface area contributed by atoms with Crippen LogP contribution in [0, 0.1) is 0 Å². The molecule has 12 heavy (non-hydrogen) atoms. The number of rotatable bonds is 2. The molecule has 0 saturated heterocycles. The predicted molar refractivity (Wildman–Crippen MR) is 48.6 cm³/mol. The normalized spacial score (nSPS) is 10.4. The van der Waals surface area contributed by atoms with Gasteiger partial charge in [-0.05, 0) is 6.07 Å². The fourth-order valence-electron chi connectivity index (χ4n) is 0.765. The lowest BCUT2D eigenvalue weighted by Gasteiger charge is -2.12. The maximum atomic E-state index is 5.55. The van der Waals surface area contributed by atoms with Gasteiger partial charge in [-0.15, -0.1) is 0 Å². The number of nitrogens with zero attached hydrogens (tertiary/aromatic N) is 2. The summed E-state index contributed by atoms with van der Waals surface area (Å²) < 4.78 is 0. The van der Waals surface area contributed by atoms with Gasteiger partial charge in [-0.2, -0.15) is 0 Å². The van der Waals surface area contributed by atoms with Gasteiger partial charge in [0.1, 0.15) is 0 Å². The minimum atomic E-state index is 0.563. The van der Waals surface area contributed by atoms with Crippen molar-refractivity contribution in [1.82, 2.24) is 4.98 Å². The summed E-state index contributed by atoms with van der Waals surface area (Å²) >= 11 is 0. The van der Waals surface area contributed by atoms with Gasteiger partial charge in [0.25, 0.3) is 0 Å². The van der Waals surface area contributed by atoms with Crippen LogP contribution in [-0.2, 0) is 0 Å². The first kappa shape index (κ1) is 8.35. The molecule has 1 aromatic heterocycles. The number of hydrogen-bond donors (Lipinski definition) is 3. The molecular formula is C7H11N5. The molecule has 0 atom stereocenters. The van der Waals surface area contributed by atoms with Crippen molar-refractivity contribution in [2.45, 2.75) is 0 Å². The summed E-state index contributed by atoms with van der Waals surface area (Å²) in [6.45, 7) is 0. The Morgan fingerprint density at radius 3 is 2.75 bits per heavy atom. The third-order valence-corrected chi connectivity index (χ3v) is 1.29. The van der Waals surface area contributed by atoms with Crippen molar-refractivity contribution in [1.29, 1.82) is 0 Å². The van der Waals surface area contributed by atoms with E-state index in [0.717, 1.165) is 0 Å². The van der Waals surface area contributed by atoms with Crippen molar-refractivity contribution >= 4 is 11.4 Å². The smallest absolute Gasteiger partial charge is 0.0772 e. The highest BCUT2D eigenvalue weighted by Crippen LogP contribution is 2.12. The van der Waals surface area contributed by atoms with Crippen molar-refractivity contribution < 1.29 is 0 Å². The molecule has 1 heterocycles. The lowest BCUT2D eigenvalue weighted by Crippen LogP contribution is -2.24. The Bertz CT molecular complexity index is 283. The molecule has 0 amide bonds. The molecule has 0 aliphatic rings. The molecule has 5 nitrogen and oxygen atoms in total. The number of aromatic nitrogens is 1. The quantitative estimate of drug-likeness (QED) is 0.416. The number of hydrazine groups is 1. The number of nitrogens with two attached hydrogens (primary N) is 3. The molecule has 1 rings (SSSR count). The Hall–Kier alpha value is -1.75. The largest absolute Gasteiger partial charge is 0.403 e. The molecule has 0 spiro atoms. The molecule has 0 aliphatic carbocycles. The van der Waals surface area contributed by atoms with Crippen molar-refractivity contribution in [3.63, 3.8) is 0 Å². The summed E-state index contributed by atoms with van der Waals surface area (Å²) in [5.41, 5.74) is 11.9. The highest BCUT2D eigenvalue weighted by Gasteiger charge is 1.96. The lowest BCUT2D eigenvalue weighted by atomic mass is 10.4. The summed E-state index contributed by atoms with van der Waals surface area (Å²) in [5, 5.41) is 1.34. The van der Waals surface area contributed by atoms with E-state index in [1.54, 1.807) is 18.5 Å². The van der Waals surface area contributed by atoms with Crippen LogP contribution in [0.2, 0.25) is 0 Å². The highest BCUT2D eigenvalue weighted by atomic mass is 15.4. The maximum Gasteiger partial charge on any atom is 0.0772 e. The van der Waals surface area contributed by atoms with Gasteiger partial charge in [0.2, 0.25) is 0 Å². The topological polar surface area (TPSA) is 94.2 Å². The van der Waals surface area contributed by atoms with Crippen molar-refractivity contribution in [3.8, 4) is 0 Å². The first-order valence-corrected chi connectivity index (χ1v) is 3.37. The van der Waals surface area contributed by atoms with E-state index in [4.69, 9.17) is 17.3 Å². The standard InChI is InChI=1S/C7H11N5/c8-1-2-12(10)7-3-6(9)4-11-5-7/h1-5H,8-10H2/b2-1-. The van der Waals surface area contributed by atoms with E-state index < -0.39 is 0 Å². The second-order valence-corrected chi connectivity index (χ2v) is 2.23. The van der Waals surface area contributed by atoms with Crippen LogP contribution in [0.3, 0.4) is 0 Å². The Labute approximate surface area is 70.4 Å². The molecule has 5 heteroatoms. The van der Waals surface area contributed by atoms with Gasteiger partial charge in [-0.3, -0.25) is 9.99 Å². The van der Waals surface area contributed by atoms with E-state index in [9.17, 15) is 0 Å². The van der Waals surface area contributed by atoms with E-state index >= 15 is 0 Å². The lowest BCUT2D eigenvalue weighted by molar-refractivity contribution is 1.06. The first-order valence-electron chi connectivity index (χ1n) is 3.37. The zero-order valence-electron chi connectivity index (χ0n) is 6.51. The van der Waals surface area contributed by atoms with Gasteiger partial charge in [-0.25, -0.2) is 5.84 Å². The zero-order chi connectivity index (χ0) is 8.97. The summed E-state index contributed by atoms with van der Waals surface area (Å²) in [4.78, 5) is 3.87. The van der Waals surface area contributed by atoms with Crippen molar-refractivity contribution in [2.75, 3.05) is 10.7 Å². The Balaban J connectivity index is 2.87. The molecule has 0 bridgehead atoms. The fraction of sp³-hybridized carbons (Fsp3) is 0. The molecular weight excluding hydrogens is 154 g/mol. The molecule has 1 aromatic rings. The van der Waals surface area contributed by atoms with Crippen LogP contribution < -0.4 is 22.3 Å². The summed E-state index contributed by atoms with van der Waals surface area (Å²) in [6.07, 6.45) is 5.99. The van der Waals surface area contributed by atoms with Crippen LogP contribution in [0.4, 0.5) is 11.4 Å². The van der Waals surface area contributed by atoms with E-state index in [0.29, 0.717) is 11.4 Å². The summed E-state index contributed by atoms with van der Waals surface area (Å²) in [7, 11) is 0. The maximum absolute atomic E-state index is 5.55. The Kier molecular flexibility index (Phi) is 2.49. The average molecular weight is 165 g/mol. The number of pyridine rings is 1. The highest BCUT2D eigenvalue weighted by molar-refractivity contribution is 5.53. The zero-order valence-corrected chi connectivity index (χ0v) is 6.51. The van der Waals surface area contributed by atoms with Gasteiger partial charge >= 0.3 is 0 Å². The van der Waals surface area contributed by atoms with E-state index in [2.05, 4.69) is 4.98 Å². The van der Waals surface area contributed by atoms with E-state index in [1.165, 1.54) is 17.4 Å². The minimum absolute atomic E-state index is 0.563. The van der Waals surface area contributed by atoms with Crippen LogP contribution in [-0.4, -0.2) is 4.98 Å². The third kappa shape index (κ3) is 1.86. The van der Waals surface area contributed by atoms with Gasteiger partial charge in [0, 0.05) is 18.6 Å². The minimum Gasteiger partial charge on any atom is -0.403 e. The SMILES string of the molecule is N/C=C\N(N)c1cncc(N)c1. The van der Waals surface area contributed by atoms with Crippen LogP contribution in [0.15, 0.2) is 30.9 Å². The predicted octanol–water partition coefficient (Wildman–Crippen LogP) is -0.226. The van der Waals surface area contributed by atoms with Gasteiger partial charge in [0.05, 0.1) is 17.6 Å². The third-order valence-electron chi connectivity index (χ3n) is 1.29. The Morgan fingerprint density at radius 1 is 1.42 bits per heavy atom. The van der Waals surface area contributed by atoms with Gasteiger partial charge in [-0.1, -0.05) is 0 Å². The number of nitrogen functional groups attached to an aromatic ring is 1. The summed E-state index contributed by atoms with van der Waals surface area (Å²) in [6, 6.07) is 1.70. The molecule has 64 valence electrons. The van der Waals surface area contributed by atoms with E-state index in [1.807, 2.05) is 0 Å². The first-order chi connectivity index (χ1) is 5.74. The second kappa shape index (κ2) is 3.59. The van der Waals surface area contributed by atoms with Gasteiger partial charge in [0.15, 0.2) is 0 Å². The van der Waals surface area contributed by atoms with Crippen LogP contribution >= 0.6 is 0 Å². The van der Waals surface area contributed by atoms with Crippen molar-refractivity contribution in [2.24, 2.45) is 11.6 Å².